The van der Waals surface area contributed by atoms with Crippen molar-refractivity contribution in [1.82, 2.24) is 5.32 Å². The van der Waals surface area contributed by atoms with Gasteiger partial charge in [0.05, 0.1) is 11.6 Å². The fourth-order valence-electron chi connectivity index (χ4n) is 2.52. The number of aromatic hydroxyl groups is 3. The second kappa shape index (κ2) is 4.52. The van der Waals surface area contributed by atoms with Crippen LogP contribution in [0.3, 0.4) is 0 Å². The monoisotopic (exact) mass is 285 g/mol. The van der Waals surface area contributed by atoms with Crippen molar-refractivity contribution in [2.75, 3.05) is 0 Å². The van der Waals surface area contributed by atoms with Crippen molar-refractivity contribution in [2.45, 2.75) is 6.04 Å². The van der Waals surface area contributed by atoms with Gasteiger partial charge in [0.15, 0.2) is 11.5 Å². The Labute approximate surface area is 119 Å². The maximum Gasteiger partial charge on any atom is 0.256 e. The van der Waals surface area contributed by atoms with E-state index in [0.29, 0.717) is 11.8 Å². The zero-order valence-corrected chi connectivity index (χ0v) is 10.7. The van der Waals surface area contributed by atoms with E-state index in [2.05, 4.69) is 5.32 Å². The first-order valence-corrected chi connectivity index (χ1v) is 6.16. The van der Waals surface area contributed by atoms with Gasteiger partial charge in [0, 0.05) is 11.1 Å². The van der Waals surface area contributed by atoms with Gasteiger partial charge in [-0.15, -0.1) is 0 Å². The van der Waals surface area contributed by atoms with Gasteiger partial charge < -0.3 is 20.6 Å². The summed E-state index contributed by atoms with van der Waals surface area (Å²) in [6, 6.07) is 6.35. The molecule has 3 rings (SSSR count). The molecular formula is C15H11NO5. The van der Waals surface area contributed by atoms with Crippen molar-refractivity contribution in [1.29, 1.82) is 0 Å². The summed E-state index contributed by atoms with van der Waals surface area (Å²) >= 11 is 0. The number of aldehydes is 1. The summed E-state index contributed by atoms with van der Waals surface area (Å²) in [6.07, 6.45) is 0.531. The van der Waals surface area contributed by atoms with Gasteiger partial charge in [0.1, 0.15) is 12.0 Å². The smallest absolute Gasteiger partial charge is 0.256 e. The molecule has 6 nitrogen and oxygen atoms in total. The Morgan fingerprint density at radius 1 is 1.05 bits per heavy atom. The number of benzene rings is 2. The number of hydrogen-bond donors (Lipinski definition) is 4. The Hall–Kier alpha value is -3.02. The van der Waals surface area contributed by atoms with Gasteiger partial charge in [-0.05, 0) is 23.8 Å². The van der Waals surface area contributed by atoms with Gasteiger partial charge >= 0.3 is 0 Å². The lowest BCUT2D eigenvalue weighted by atomic mass is 9.95. The summed E-state index contributed by atoms with van der Waals surface area (Å²) in [6.45, 7) is 0. The summed E-state index contributed by atoms with van der Waals surface area (Å²) in [5, 5.41) is 32.0. The molecule has 1 atom stereocenters. The lowest BCUT2D eigenvalue weighted by molar-refractivity contribution is 0.0958. The summed E-state index contributed by atoms with van der Waals surface area (Å²) in [4.78, 5) is 22.8. The predicted molar refractivity (Wildman–Crippen MR) is 72.6 cm³/mol. The van der Waals surface area contributed by atoms with Crippen molar-refractivity contribution >= 4 is 12.2 Å². The summed E-state index contributed by atoms with van der Waals surface area (Å²) < 4.78 is 0. The van der Waals surface area contributed by atoms with E-state index >= 15 is 0 Å². The number of phenols is 3. The largest absolute Gasteiger partial charge is 0.507 e. The van der Waals surface area contributed by atoms with Crippen LogP contribution in [0.4, 0.5) is 0 Å². The Kier molecular flexibility index (Phi) is 2.79. The molecule has 1 aliphatic heterocycles. The van der Waals surface area contributed by atoms with E-state index in [4.69, 9.17) is 0 Å². The minimum atomic E-state index is -0.745. The third kappa shape index (κ3) is 1.88. The second-order valence-corrected chi connectivity index (χ2v) is 4.74. The molecule has 0 saturated heterocycles. The maximum atomic E-state index is 11.9. The van der Waals surface area contributed by atoms with Gasteiger partial charge in [-0.3, -0.25) is 9.59 Å². The first-order valence-electron chi connectivity index (χ1n) is 6.16. The first-order chi connectivity index (χ1) is 10.0. The maximum absolute atomic E-state index is 11.9. The third-order valence-electron chi connectivity index (χ3n) is 3.48. The third-order valence-corrected chi connectivity index (χ3v) is 3.48. The van der Waals surface area contributed by atoms with Crippen molar-refractivity contribution in [3.8, 4) is 17.2 Å². The van der Waals surface area contributed by atoms with E-state index < -0.39 is 23.4 Å². The van der Waals surface area contributed by atoms with Gasteiger partial charge in [-0.1, -0.05) is 12.1 Å². The van der Waals surface area contributed by atoms with E-state index in [1.165, 1.54) is 12.1 Å². The number of carbonyl (C=O) groups is 2. The fourth-order valence-corrected chi connectivity index (χ4v) is 2.52. The molecule has 6 heteroatoms. The second-order valence-electron chi connectivity index (χ2n) is 4.74. The Bertz CT molecular complexity index is 769. The fraction of sp³-hybridized carbons (Fsp3) is 0.0667. The van der Waals surface area contributed by atoms with Crippen LogP contribution in [0.25, 0.3) is 0 Å². The van der Waals surface area contributed by atoms with Crippen molar-refractivity contribution in [2.24, 2.45) is 0 Å². The van der Waals surface area contributed by atoms with Crippen LogP contribution in [0.15, 0.2) is 30.3 Å². The van der Waals surface area contributed by atoms with Crippen LogP contribution in [0, 0.1) is 0 Å². The number of amides is 1. The van der Waals surface area contributed by atoms with Crippen LogP contribution in [-0.4, -0.2) is 27.5 Å². The van der Waals surface area contributed by atoms with Crippen LogP contribution in [-0.2, 0) is 0 Å². The van der Waals surface area contributed by atoms with Crippen LogP contribution in [0.1, 0.15) is 37.9 Å². The highest BCUT2D eigenvalue weighted by molar-refractivity contribution is 6.02. The summed E-state index contributed by atoms with van der Waals surface area (Å²) in [7, 11) is 0. The molecule has 0 fully saturated rings. The number of hydrogen-bond acceptors (Lipinski definition) is 5. The quantitative estimate of drug-likeness (QED) is 0.493. The van der Waals surface area contributed by atoms with E-state index in [1.807, 2.05) is 0 Å². The highest BCUT2D eigenvalue weighted by atomic mass is 16.3. The average molecular weight is 285 g/mol. The average Bonchev–Trinajstić information content (AvgIpc) is 2.80. The molecule has 21 heavy (non-hydrogen) atoms. The lowest BCUT2D eigenvalue weighted by Gasteiger charge is -2.15. The van der Waals surface area contributed by atoms with Gasteiger partial charge in [-0.2, -0.15) is 0 Å². The normalized spacial score (nSPS) is 16.4. The van der Waals surface area contributed by atoms with Crippen molar-refractivity contribution in [3.05, 3.63) is 52.6 Å². The predicted octanol–water partition coefficient (Wildman–Crippen LogP) is 1.45. The molecule has 0 saturated carbocycles. The first kappa shape index (κ1) is 13.0. The number of nitrogens with one attached hydrogen (secondary N) is 1. The van der Waals surface area contributed by atoms with Gasteiger partial charge in [0.2, 0.25) is 0 Å². The van der Waals surface area contributed by atoms with Crippen molar-refractivity contribution < 1.29 is 24.9 Å². The van der Waals surface area contributed by atoms with E-state index in [-0.39, 0.29) is 22.4 Å². The minimum absolute atomic E-state index is 0.123. The summed E-state index contributed by atoms with van der Waals surface area (Å²) in [5.41, 5.74) is 0.952. The molecule has 0 radical (unpaired) electrons. The molecule has 0 unspecified atom stereocenters. The van der Waals surface area contributed by atoms with E-state index in [1.54, 1.807) is 12.1 Å². The molecule has 0 aliphatic carbocycles. The van der Waals surface area contributed by atoms with E-state index in [9.17, 15) is 24.9 Å². The van der Waals surface area contributed by atoms with Crippen LogP contribution in [0.5, 0.6) is 17.2 Å². The molecule has 106 valence electrons. The lowest BCUT2D eigenvalue weighted by Crippen LogP contribution is -2.20. The number of carbonyl (C=O) groups excluding carboxylic acids is 2. The molecule has 1 heterocycles. The van der Waals surface area contributed by atoms with E-state index in [0.717, 1.165) is 6.07 Å². The zero-order chi connectivity index (χ0) is 15.1. The highest BCUT2D eigenvalue weighted by Gasteiger charge is 2.34. The summed E-state index contributed by atoms with van der Waals surface area (Å²) in [5.74, 6) is -1.51. The Balaban J connectivity index is 2.21. The number of fused-ring (bicyclic) bond motifs is 1. The molecule has 1 amide bonds. The van der Waals surface area contributed by atoms with Crippen LogP contribution >= 0.6 is 0 Å². The topological polar surface area (TPSA) is 107 Å². The van der Waals surface area contributed by atoms with Gasteiger partial charge in [-0.25, -0.2) is 0 Å². The van der Waals surface area contributed by atoms with Crippen molar-refractivity contribution in [3.63, 3.8) is 0 Å². The molecule has 0 aromatic heterocycles. The minimum Gasteiger partial charge on any atom is -0.507 e. The standard InChI is InChI=1S/C15H11NO5/c17-6-7-4-9(14(20)11(19)5-7)13-8-2-1-3-10(18)12(8)15(21)16-13/h1-6,13,18-20H,(H,16,21)/t13-/m1/s1. The molecule has 0 spiro atoms. The Morgan fingerprint density at radius 2 is 1.81 bits per heavy atom. The molecule has 2 aromatic rings. The molecule has 1 aliphatic rings. The number of rotatable bonds is 2. The Morgan fingerprint density at radius 3 is 2.52 bits per heavy atom. The van der Waals surface area contributed by atoms with Gasteiger partial charge in [0.25, 0.3) is 5.91 Å². The molecular weight excluding hydrogens is 274 g/mol. The molecule has 4 N–H and O–H groups in total. The highest BCUT2D eigenvalue weighted by Crippen LogP contribution is 2.41. The molecule has 2 aromatic carbocycles. The van der Waals surface area contributed by atoms with Crippen LogP contribution in [0.2, 0.25) is 0 Å². The SMILES string of the molecule is O=Cc1cc(O)c(O)c([C@@H]2NC(=O)c3c(O)cccc32)c1. The molecule has 0 bridgehead atoms. The zero-order valence-electron chi connectivity index (χ0n) is 10.7. The number of phenolic OH excluding ortho intramolecular Hbond substituents is 3. The van der Waals surface area contributed by atoms with Crippen LogP contribution < -0.4 is 5.32 Å².